The van der Waals surface area contributed by atoms with Gasteiger partial charge in [-0.3, -0.25) is 9.59 Å². The molecule has 0 amide bonds. The van der Waals surface area contributed by atoms with Gasteiger partial charge in [0.2, 0.25) is 0 Å². The number of unbranched alkanes of at least 4 members (excludes halogenated alkanes) is 28. The molecule has 2 heterocycles. The Bertz CT molecular complexity index is 1350. The van der Waals surface area contributed by atoms with Crippen LogP contribution < -0.4 is 0 Å². The highest BCUT2D eigenvalue weighted by Crippen LogP contribution is 2.27. The molecule has 2 saturated heterocycles. The standard InChI is InChI=1S/C57H104O15/c1-3-5-7-9-11-13-15-17-19-20-21-22-23-24-26-28-30-32-34-36-38-40-49(60)70-45(42-67-48(59)39-37-35-33-31-29-27-25-18-16-14-12-10-8-6-4-2)43-68-56-55(66)53(64)51(62)47(72-56)44-69-57-54(65)52(63)50(61)46(41-58)71-57/h17,19,29,31,45-47,50-58,61-66H,3-16,18,20-28,30,32-44H2,1-2H3/b19-17+,31-29+/t45-,46+,47+,50-,51-,52?,53?,54?,55?,56+,57+/m1/s1. The van der Waals surface area contributed by atoms with Gasteiger partial charge < -0.3 is 64.2 Å². The molecule has 0 aromatic carbocycles. The van der Waals surface area contributed by atoms with E-state index in [1.165, 1.54) is 154 Å². The summed E-state index contributed by atoms with van der Waals surface area (Å²) >= 11 is 0. The Balaban J connectivity index is 1.76. The van der Waals surface area contributed by atoms with E-state index in [0.717, 1.165) is 38.5 Å². The van der Waals surface area contributed by atoms with Crippen LogP contribution in [0.25, 0.3) is 0 Å². The summed E-state index contributed by atoms with van der Waals surface area (Å²) in [6, 6.07) is 0. The monoisotopic (exact) mass is 1030 g/mol. The van der Waals surface area contributed by atoms with Crippen molar-refractivity contribution in [2.75, 3.05) is 26.4 Å². The lowest BCUT2D eigenvalue weighted by Gasteiger charge is -2.42. The average molecular weight is 1030 g/mol. The minimum atomic E-state index is -1.77. The third kappa shape index (κ3) is 31.1. The van der Waals surface area contributed by atoms with E-state index in [1.807, 2.05) is 0 Å². The van der Waals surface area contributed by atoms with Gasteiger partial charge in [-0.1, -0.05) is 179 Å². The molecule has 0 bridgehead atoms. The number of hydrogen-bond acceptors (Lipinski definition) is 15. The number of carbonyl (C=O) groups excluding carboxylic acids is 2. The van der Waals surface area contributed by atoms with Crippen molar-refractivity contribution in [1.82, 2.24) is 0 Å². The third-order valence-electron chi connectivity index (χ3n) is 13.9. The molecule has 2 fully saturated rings. The van der Waals surface area contributed by atoms with E-state index in [2.05, 4.69) is 38.2 Å². The number of rotatable bonds is 46. The van der Waals surface area contributed by atoms with Gasteiger partial charge in [-0.05, 0) is 64.2 Å². The zero-order valence-electron chi connectivity index (χ0n) is 44.9. The zero-order chi connectivity index (χ0) is 52.4. The van der Waals surface area contributed by atoms with E-state index in [0.29, 0.717) is 12.8 Å². The first-order chi connectivity index (χ1) is 35.0. The normalized spacial score (nSPS) is 25.1. The second-order valence-corrected chi connectivity index (χ2v) is 20.5. The Morgan fingerprint density at radius 2 is 0.792 bits per heavy atom. The first-order valence-corrected chi connectivity index (χ1v) is 28.9. The van der Waals surface area contributed by atoms with Crippen molar-refractivity contribution in [2.24, 2.45) is 0 Å². The average Bonchev–Trinajstić information content (AvgIpc) is 3.37. The topological polar surface area (TPSA) is 231 Å². The van der Waals surface area contributed by atoms with Crippen molar-refractivity contribution in [3.05, 3.63) is 24.3 Å². The summed E-state index contributed by atoms with van der Waals surface area (Å²) < 4.78 is 33.7. The smallest absolute Gasteiger partial charge is 0.306 e. The Morgan fingerprint density at radius 3 is 1.25 bits per heavy atom. The maximum atomic E-state index is 13.1. The fourth-order valence-corrected chi connectivity index (χ4v) is 9.15. The van der Waals surface area contributed by atoms with Crippen LogP contribution in [0.15, 0.2) is 24.3 Å². The molecule has 0 aliphatic carbocycles. The SMILES string of the molecule is CCCCCCCC/C=C/CCCCCCCCCCCCCC(=O)O[C@H](COC(=O)CCCC/C=C/CCCCCCCCCCC)CO[C@H]1O[C@@H](CO[C@H]2O[C@@H](CO)[C@@H](O)C(O)C2O)[C@@H](O)C(O)C1O. The van der Waals surface area contributed by atoms with Crippen LogP contribution in [0.5, 0.6) is 0 Å². The third-order valence-corrected chi connectivity index (χ3v) is 13.9. The predicted octanol–water partition coefficient (Wildman–Crippen LogP) is 9.50. The van der Waals surface area contributed by atoms with Gasteiger partial charge in [0.05, 0.1) is 19.8 Å². The fraction of sp³-hybridized carbons (Fsp3) is 0.895. The number of aliphatic hydroxyl groups is 7. The minimum Gasteiger partial charge on any atom is -0.462 e. The highest BCUT2D eigenvalue weighted by molar-refractivity contribution is 5.70. The molecule has 0 radical (unpaired) electrons. The molecular formula is C57H104O15. The van der Waals surface area contributed by atoms with Crippen molar-refractivity contribution in [2.45, 2.75) is 300 Å². The molecule has 0 spiro atoms. The summed E-state index contributed by atoms with van der Waals surface area (Å²) in [5, 5.41) is 72.2. The van der Waals surface area contributed by atoms with Crippen molar-refractivity contribution < 1.29 is 73.8 Å². The van der Waals surface area contributed by atoms with Crippen molar-refractivity contribution in [3.63, 3.8) is 0 Å². The molecule has 0 aromatic rings. The molecule has 2 aliphatic heterocycles. The molecular weight excluding hydrogens is 925 g/mol. The predicted molar refractivity (Wildman–Crippen MR) is 280 cm³/mol. The van der Waals surface area contributed by atoms with E-state index in [4.69, 9.17) is 28.4 Å². The molecule has 7 N–H and O–H groups in total. The van der Waals surface area contributed by atoms with E-state index in [9.17, 15) is 45.3 Å². The Morgan fingerprint density at radius 1 is 0.431 bits per heavy atom. The van der Waals surface area contributed by atoms with Crippen LogP contribution in [0.3, 0.4) is 0 Å². The molecule has 422 valence electrons. The highest BCUT2D eigenvalue weighted by atomic mass is 16.7. The van der Waals surface area contributed by atoms with Gasteiger partial charge in [-0.2, -0.15) is 0 Å². The lowest BCUT2D eigenvalue weighted by molar-refractivity contribution is -0.332. The molecule has 15 nitrogen and oxygen atoms in total. The number of esters is 2. The summed E-state index contributed by atoms with van der Waals surface area (Å²) in [7, 11) is 0. The van der Waals surface area contributed by atoms with Crippen molar-refractivity contribution in [3.8, 4) is 0 Å². The quantitative estimate of drug-likeness (QED) is 0.0171. The van der Waals surface area contributed by atoms with E-state index < -0.39 is 92.7 Å². The van der Waals surface area contributed by atoms with Gasteiger partial charge in [0, 0.05) is 12.8 Å². The van der Waals surface area contributed by atoms with Crippen LogP contribution in [-0.2, 0) is 38.0 Å². The summed E-state index contributed by atoms with van der Waals surface area (Å²) in [5.41, 5.74) is 0. The van der Waals surface area contributed by atoms with Crippen LogP contribution in [0, 0.1) is 0 Å². The summed E-state index contributed by atoms with van der Waals surface area (Å²) in [6.07, 6.45) is 30.6. The summed E-state index contributed by atoms with van der Waals surface area (Å²) in [4.78, 5) is 25.8. The zero-order valence-corrected chi connectivity index (χ0v) is 44.9. The van der Waals surface area contributed by atoms with Crippen LogP contribution in [0.4, 0.5) is 0 Å². The number of hydrogen-bond donors (Lipinski definition) is 7. The number of allylic oxidation sites excluding steroid dienone is 4. The molecule has 2 rings (SSSR count). The molecule has 2 aliphatic rings. The second kappa shape index (κ2) is 44.1. The Hall–Kier alpha value is -2.02. The maximum absolute atomic E-state index is 13.1. The molecule has 72 heavy (non-hydrogen) atoms. The van der Waals surface area contributed by atoms with Crippen LogP contribution in [0.1, 0.15) is 232 Å². The Labute approximate surface area is 434 Å². The van der Waals surface area contributed by atoms with E-state index in [1.54, 1.807) is 0 Å². The van der Waals surface area contributed by atoms with E-state index >= 15 is 0 Å². The molecule has 4 unspecified atom stereocenters. The number of carbonyl (C=O) groups is 2. The molecule has 11 atom stereocenters. The van der Waals surface area contributed by atoms with Gasteiger partial charge in [-0.25, -0.2) is 0 Å². The van der Waals surface area contributed by atoms with Crippen molar-refractivity contribution in [1.29, 1.82) is 0 Å². The van der Waals surface area contributed by atoms with Gasteiger partial charge in [-0.15, -0.1) is 0 Å². The van der Waals surface area contributed by atoms with Gasteiger partial charge in [0.1, 0.15) is 55.4 Å². The molecule has 0 saturated carbocycles. The lowest BCUT2D eigenvalue weighted by atomic mass is 9.98. The van der Waals surface area contributed by atoms with Gasteiger partial charge >= 0.3 is 11.9 Å². The first kappa shape index (κ1) is 66.1. The Kier molecular flexibility index (Phi) is 40.5. The number of aliphatic hydroxyl groups excluding tert-OH is 7. The number of ether oxygens (including phenoxy) is 6. The van der Waals surface area contributed by atoms with E-state index in [-0.39, 0.29) is 26.1 Å². The van der Waals surface area contributed by atoms with Crippen LogP contribution >= 0.6 is 0 Å². The molecule has 15 heteroatoms. The second-order valence-electron chi connectivity index (χ2n) is 20.5. The lowest BCUT2D eigenvalue weighted by Crippen LogP contribution is -2.61. The molecule has 0 aromatic heterocycles. The van der Waals surface area contributed by atoms with Crippen molar-refractivity contribution >= 4 is 11.9 Å². The summed E-state index contributed by atoms with van der Waals surface area (Å²) in [5.74, 6) is -0.942. The summed E-state index contributed by atoms with van der Waals surface area (Å²) in [6.45, 7) is 2.60. The van der Waals surface area contributed by atoms with Gasteiger partial charge in [0.25, 0.3) is 0 Å². The van der Waals surface area contributed by atoms with Gasteiger partial charge in [0.15, 0.2) is 18.7 Å². The maximum Gasteiger partial charge on any atom is 0.306 e. The minimum absolute atomic E-state index is 0.163. The van der Waals surface area contributed by atoms with Crippen LogP contribution in [-0.4, -0.2) is 142 Å². The fourth-order valence-electron chi connectivity index (χ4n) is 9.15. The first-order valence-electron chi connectivity index (χ1n) is 28.9. The highest BCUT2D eigenvalue weighted by Gasteiger charge is 2.47. The van der Waals surface area contributed by atoms with Crippen LogP contribution in [0.2, 0.25) is 0 Å². The largest absolute Gasteiger partial charge is 0.462 e.